The highest BCUT2D eigenvalue weighted by molar-refractivity contribution is 6.09. The zero-order valence-electron chi connectivity index (χ0n) is 26.9. The molecule has 1 saturated carbocycles. The number of non-ortho nitro benzene ring substituents is 1. The van der Waals surface area contributed by atoms with E-state index < -0.39 is 11.1 Å². The summed E-state index contributed by atoms with van der Waals surface area (Å²) in [6, 6.07) is 25.3. The summed E-state index contributed by atoms with van der Waals surface area (Å²) in [4.78, 5) is 47.4. The first kappa shape index (κ1) is 34.7. The maximum Gasteiger partial charge on any atom is 0.513 e. The van der Waals surface area contributed by atoms with Gasteiger partial charge in [0.2, 0.25) is 0 Å². The monoisotopic (exact) mass is 668 g/mol. The number of aryl methyl sites for hydroxylation is 1. The van der Waals surface area contributed by atoms with Crippen LogP contribution >= 0.6 is 0 Å². The number of benzene rings is 4. The van der Waals surface area contributed by atoms with E-state index in [0.29, 0.717) is 42.3 Å². The van der Waals surface area contributed by atoms with Crippen molar-refractivity contribution in [3.05, 3.63) is 123 Å². The van der Waals surface area contributed by atoms with Crippen LogP contribution in [0.1, 0.15) is 44.7 Å². The largest absolute Gasteiger partial charge is 0.513 e. The highest BCUT2D eigenvalue weighted by Crippen LogP contribution is 2.27. The lowest BCUT2D eigenvalue weighted by molar-refractivity contribution is -0.384. The third-order valence-electron chi connectivity index (χ3n) is 7.55. The van der Waals surface area contributed by atoms with Crippen LogP contribution in [0.25, 0.3) is 11.1 Å². The second-order valence-corrected chi connectivity index (χ2v) is 11.2. The van der Waals surface area contributed by atoms with Crippen molar-refractivity contribution < 1.29 is 43.0 Å². The molecule has 0 saturated heterocycles. The Morgan fingerprint density at radius 1 is 0.735 bits per heavy atom. The summed E-state index contributed by atoms with van der Waals surface area (Å²) in [5, 5.41) is 13.7. The first-order chi connectivity index (χ1) is 23.8. The normalized spacial score (nSPS) is 12.2. The van der Waals surface area contributed by atoms with Gasteiger partial charge in [0.1, 0.15) is 24.7 Å². The lowest BCUT2D eigenvalue weighted by Gasteiger charge is -2.11. The Morgan fingerprint density at radius 3 is 1.94 bits per heavy atom. The molecule has 4 aromatic rings. The molecule has 0 heterocycles. The SMILES string of the molecule is Cc1ccc(C(=O)NC2CC2)cc1-c1ccc(C(=O)c2ccc(OCCOCCOCCOC(=O)Oc3ccc([N+](=O)[O-])cc3)cc2)cc1. The van der Waals surface area contributed by atoms with Crippen molar-refractivity contribution in [2.45, 2.75) is 25.8 Å². The topological polar surface area (TPSA) is 153 Å². The Hall–Kier alpha value is -5.59. The van der Waals surface area contributed by atoms with Crippen LogP contribution in [0.4, 0.5) is 10.5 Å². The Morgan fingerprint density at radius 2 is 1.31 bits per heavy atom. The number of ketones is 1. The van der Waals surface area contributed by atoms with Crippen LogP contribution in [0.15, 0.2) is 91.0 Å². The van der Waals surface area contributed by atoms with Gasteiger partial charge in [0.15, 0.2) is 5.78 Å². The number of carbonyl (C=O) groups is 3. The number of nitro groups is 1. The molecule has 1 amide bonds. The number of ether oxygens (including phenoxy) is 5. The molecule has 12 nitrogen and oxygen atoms in total. The number of amides is 1. The van der Waals surface area contributed by atoms with Gasteiger partial charge in [0.25, 0.3) is 11.6 Å². The number of carbonyl (C=O) groups excluding carboxylic acids is 3. The van der Waals surface area contributed by atoms with E-state index in [0.717, 1.165) is 29.5 Å². The summed E-state index contributed by atoms with van der Waals surface area (Å²) in [7, 11) is 0. The van der Waals surface area contributed by atoms with E-state index in [4.69, 9.17) is 23.7 Å². The summed E-state index contributed by atoms with van der Waals surface area (Å²) in [6.45, 7) is 3.31. The van der Waals surface area contributed by atoms with Gasteiger partial charge in [-0.1, -0.05) is 30.3 Å². The van der Waals surface area contributed by atoms with Gasteiger partial charge in [0, 0.05) is 34.9 Å². The molecule has 0 radical (unpaired) electrons. The minimum absolute atomic E-state index is 0.0333. The van der Waals surface area contributed by atoms with Crippen LogP contribution in [-0.2, 0) is 14.2 Å². The zero-order chi connectivity index (χ0) is 34.6. The maximum atomic E-state index is 13.1. The van der Waals surface area contributed by atoms with Crippen molar-refractivity contribution in [2.24, 2.45) is 0 Å². The van der Waals surface area contributed by atoms with Gasteiger partial charge in [-0.25, -0.2) is 4.79 Å². The van der Waals surface area contributed by atoms with Crippen LogP contribution in [0.2, 0.25) is 0 Å². The number of hydrogen-bond donors (Lipinski definition) is 1. The van der Waals surface area contributed by atoms with E-state index in [9.17, 15) is 24.5 Å². The molecular weight excluding hydrogens is 632 g/mol. The molecule has 1 fully saturated rings. The van der Waals surface area contributed by atoms with Crippen molar-refractivity contribution in [3.63, 3.8) is 0 Å². The first-order valence-electron chi connectivity index (χ1n) is 15.8. The molecule has 0 aromatic heterocycles. The molecule has 0 bridgehead atoms. The van der Waals surface area contributed by atoms with Crippen LogP contribution in [0.5, 0.6) is 11.5 Å². The number of nitro benzene ring substituents is 1. The van der Waals surface area contributed by atoms with Gasteiger partial charge >= 0.3 is 6.16 Å². The quantitative estimate of drug-likeness (QED) is 0.0338. The summed E-state index contributed by atoms with van der Waals surface area (Å²) in [6.07, 6.45) is 1.12. The fourth-order valence-electron chi connectivity index (χ4n) is 4.73. The van der Waals surface area contributed by atoms with E-state index in [2.05, 4.69) is 5.32 Å². The third kappa shape index (κ3) is 10.4. The van der Waals surface area contributed by atoms with Gasteiger partial charge < -0.3 is 29.0 Å². The molecule has 1 N–H and O–H groups in total. The van der Waals surface area contributed by atoms with E-state index in [1.165, 1.54) is 24.3 Å². The Kier molecular flexibility index (Phi) is 12.0. The predicted molar refractivity (Wildman–Crippen MR) is 179 cm³/mol. The molecule has 0 atom stereocenters. The highest BCUT2D eigenvalue weighted by atomic mass is 16.7. The Labute approximate surface area is 283 Å². The van der Waals surface area contributed by atoms with Crippen molar-refractivity contribution in [2.75, 3.05) is 39.6 Å². The molecule has 0 aliphatic heterocycles. The molecule has 4 aromatic carbocycles. The molecule has 0 spiro atoms. The number of rotatable bonds is 17. The van der Waals surface area contributed by atoms with E-state index >= 15 is 0 Å². The maximum absolute atomic E-state index is 13.1. The Balaban J connectivity index is 0.956. The standard InChI is InChI=1S/C37H36N2O10/c1-25-2-3-29(36(41)38-30-10-11-30)24-34(25)26-4-6-27(7-5-26)35(40)28-8-14-32(15-9-28)47-22-20-45-18-19-46-21-23-48-37(42)49-33-16-12-31(13-17-33)39(43)44/h2-9,12-17,24,30H,10-11,18-23H2,1H3,(H,38,41). The summed E-state index contributed by atoms with van der Waals surface area (Å²) < 4.78 is 26.4. The summed E-state index contributed by atoms with van der Waals surface area (Å²) in [5.41, 5.74) is 4.53. The van der Waals surface area contributed by atoms with Crippen LogP contribution in [-0.4, -0.2) is 68.5 Å². The zero-order valence-corrected chi connectivity index (χ0v) is 26.9. The molecule has 1 aliphatic carbocycles. The van der Waals surface area contributed by atoms with Crippen LogP contribution in [0, 0.1) is 17.0 Å². The third-order valence-corrected chi connectivity index (χ3v) is 7.55. The highest BCUT2D eigenvalue weighted by Gasteiger charge is 2.24. The van der Waals surface area contributed by atoms with Crippen molar-refractivity contribution >= 4 is 23.5 Å². The van der Waals surface area contributed by atoms with E-state index in [1.54, 1.807) is 36.4 Å². The fourth-order valence-corrected chi connectivity index (χ4v) is 4.73. The van der Waals surface area contributed by atoms with Crippen molar-refractivity contribution in [1.29, 1.82) is 0 Å². The lowest BCUT2D eigenvalue weighted by atomic mass is 9.95. The molecule has 0 unspecified atom stereocenters. The van der Waals surface area contributed by atoms with Crippen LogP contribution < -0.4 is 14.8 Å². The average molecular weight is 669 g/mol. The predicted octanol–water partition coefficient (Wildman–Crippen LogP) is 6.32. The van der Waals surface area contributed by atoms with Gasteiger partial charge in [-0.3, -0.25) is 19.7 Å². The molecule has 254 valence electrons. The number of nitrogens with zero attached hydrogens (tertiary/aromatic N) is 1. The summed E-state index contributed by atoms with van der Waals surface area (Å²) >= 11 is 0. The van der Waals surface area contributed by atoms with Gasteiger partial charge in [-0.2, -0.15) is 0 Å². The average Bonchev–Trinajstić information content (AvgIpc) is 3.93. The molecule has 49 heavy (non-hydrogen) atoms. The first-order valence-corrected chi connectivity index (χ1v) is 15.8. The minimum Gasteiger partial charge on any atom is -0.491 e. The fraction of sp³-hybridized carbons (Fsp3) is 0.270. The number of hydrogen-bond acceptors (Lipinski definition) is 10. The second kappa shape index (κ2) is 17.0. The molecule has 5 rings (SSSR count). The van der Waals surface area contributed by atoms with Crippen molar-refractivity contribution in [1.82, 2.24) is 5.32 Å². The van der Waals surface area contributed by atoms with E-state index in [1.807, 2.05) is 37.3 Å². The van der Waals surface area contributed by atoms with E-state index in [-0.39, 0.29) is 49.0 Å². The van der Waals surface area contributed by atoms with Crippen LogP contribution in [0.3, 0.4) is 0 Å². The molecule has 12 heteroatoms. The number of nitrogens with one attached hydrogen (secondary N) is 1. The lowest BCUT2D eigenvalue weighted by Crippen LogP contribution is -2.25. The molecule has 1 aliphatic rings. The Bertz CT molecular complexity index is 1750. The smallest absolute Gasteiger partial charge is 0.491 e. The minimum atomic E-state index is -0.943. The van der Waals surface area contributed by atoms with Gasteiger partial charge in [-0.15, -0.1) is 0 Å². The summed E-state index contributed by atoms with van der Waals surface area (Å²) in [5.74, 6) is 0.560. The second-order valence-electron chi connectivity index (χ2n) is 11.2. The van der Waals surface area contributed by atoms with Gasteiger partial charge in [-0.05, 0) is 85.0 Å². The molecular formula is C37H36N2O10. The van der Waals surface area contributed by atoms with Crippen molar-refractivity contribution in [3.8, 4) is 22.6 Å². The van der Waals surface area contributed by atoms with Gasteiger partial charge in [0.05, 0.1) is 31.4 Å².